The molecule has 2 amide bonds. The smallest absolute Gasteiger partial charge is 0.246 e. The molecule has 19 heavy (non-hydrogen) atoms. The van der Waals surface area contributed by atoms with Crippen LogP contribution in [0.25, 0.3) is 0 Å². The van der Waals surface area contributed by atoms with E-state index in [1.54, 1.807) is 0 Å². The van der Waals surface area contributed by atoms with Gasteiger partial charge in [-0.05, 0) is 30.7 Å². The van der Waals surface area contributed by atoms with Gasteiger partial charge in [-0.3, -0.25) is 9.59 Å². The summed E-state index contributed by atoms with van der Waals surface area (Å²) in [6.07, 6.45) is 0.794. The monoisotopic (exact) mass is 283 g/mol. The summed E-state index contributed by atoms with van der Waals surface area (Å²) >= 11 is 0. The zero-order valence-electron chi connectivity index (χ0n) is 9.92. The highest BCUT2D eigenvalue weighted by Gasteiger charge is 2.27. The van der Waals surface area contributed by atoms with Crippen molar-refractivity contribution in [1.29, 1.82) is 0 Å². The van der Waals surface area contributed by atoms with E-state index >= 15 is 0 Å². The Morgan fingerprint density at radius 1 is 1.32 bits per heavy atom. The number of benzene rings is 1. The summed E-state index contributed by atoms with van der Waals surface area (Å²) in [5, 5.41) is 10.1. The Bertz CT molecular complexity index is 609. The molecule has 1 heterocycles. The number of amides is 2. The number of nitrogens with one attached hydrogen (secondary N) is 2. The number of nitrogens with two attached hydrogens (primary N) is 1. The molecule has 0 aliphatic carbocycles. The van der Waals surface area contributed by atoms with Crippen molar-refractivity contribution >= 4 is 27.5 Å². The molecule has 1 saturated heterocycles. The first kappa shape index (κ1) is 13.5. The third-order valence-electron chi connectivity index (χ3n) is 2.76. The fourth-order valence-electron chi connectivity index (χ4n) is 1.77. The topological polar surface area (TPSA) is 118 Å². The highest BCUT2D eigenvalue weighted by molar-refractivity contribution is 7.89. The molecular formula is C11H13N3O4S. The molecule has 4 N–H and O–H groups in total. The van der Waals surface area contributed by atoms with Crippen molar-refractivity contribution < 1.29 is 18.0 Å². The molecule has 8 heteroatoms. The van der Waals surface area contributed by atoms with E-state index in [1.165, 1.54) is 24.3 Å². The number of rotatable bonds is 3. The summed E-state index contributed by atoms with van der Waals surface area (Å²) in [7, 11) is -3.74. The van der Waals surface area contributed by atoms with Gasteiger partial charge in [-0.2, -0.15) is 0 Å². The predicted molar refractivity (Wildman–Crippen MR) is 67.6 cm³/mol. The van der Waals surface area contributed by atoms with E-state index in [0.717, 1.165) is 0 Å². The van der Waals surface area contributed by atoms with Gasteiger partial charge in [0.15, 0.2) is 0 Å². The molecule has 0 radical (unpaired) electrons. The molecule has 0 spiro atoms. The van der Waals surface area contributed by atoms with E-state index in [4.69, 9.17) is 5.14 Å². The standard InChI is InChI=1S/C11H13N3O4S/c12-19(17,18)8-3-1-7(2-4-8)13-11(16)9-5-6-10(15)14-9/h1-4,9H,5-6H2,(H,13,16)(H,14,15)(H2,12,17,18)/t9-/m1/s1. The van der Waals surface area contributed by atoms with Gasteiger partial charge in [0.05, 0.1) is 4.90 Å². The van der Waals surface area contributed by atoms with Crippen molar-refractivity contribution in [2.75, 3.05) is 5.32 Å². The van der Waals surface area contributed by atoms with Gasteiger partial charge in [0.2, 0.25) is 21.8 Å². The molecule has 0 aromatic heterocycles. The number of hydrogen-bond acceptors (Lipinski definition) is 4. The fraction of sp³-hybridized carbons (Fsp3) is 0.273. The highest BCUT2D eigenvalue weighted by atomic mass is 32.2. The number of hydrogen-bond donors (Lipinski definition) is 3. The predicted octanol–water partition coefficient (Wildman–Crippen LogP) is -0.449. The lowest BCUT2D eigenvalue weighted by Gasteiger charge is -2.11. The van der Waals surface area contributed by atoms with E-state index in [0.29, 0.717) is 18.5 Å². The van der Waals surface area contributed by atoms with Crippen LogP contribution in [0.5, 0.6) is 0 Å². The summed E-state index contributed by atoms with van der Waals surface area (Å²) in [5.41, 5.74) is 0.443. The average Bonchev–Trinajstić information content (AvgIpc) is 2.75. The summed E-state index contributed by atoms with van der Waals surface area (Å²) in [5.74, 6) is -0.473. The van der Waals surface area contributed by atoms with Crippen molar-refractivity contribution in [2.45, 2.75) is 23.8 Å². The van der Waals surface area contributed by atoms with Crippen molar-refractivity contribution in [2.24, 2.45) is 5.14 Å². The maximum atomic E-state index is 11.8. The maximum absolute atomic E-state index is 11.8. The molecule has 1 aromatic rings. The van der Waals surface area contributed by atoms with Crippen molar-refractivity contribution in [3.8, 4) is 0 Å². The second-order valence-electron chi connectivity index (χ2n) is 4.22. The average molecular weight is 283 g/mol. The zero-order chi connectivity index (χ0) is 14.0. The van der Waals surface area contributed by atoms with Gasteiger partial charge < -0.3 is 10.6 Å². The Morgan fingerprint density at radius 2 is 1.95 bits per heavy atom. The van der Waals surface area contributed by atoms with Gasteiger partial charge in [-0.1, -0.05) is 0 Å². The fourth-order valence-corrected chi connectivity index (χ4v) is 2.28. The molecule has 7 nitrogen and oxygen atoms in total. The molecule has 1 atom stereocenters. The molecule has 0 unspecified atom stereocenters. The second kappa shape index (κ2) is 4.98. The normalized spacial score (nSPS) is 19.0. The van der Waals surface area contributed by atoms with Crippen LogP contribution in [-0.4, -0.2) is 26.3 Å². The minimum Gasteiger partial charge on any atom is -0.344 e. The van der Waals surface area contributed by atoms with E-state index in [-0.39, 0.29) is 16.7 Å². The Kier molecular flexibility index (Phi) is 3.54. The number of sulfonamides is 1. The molecule has 1 aromatic carbocycles. The van der Waals surface area contributed by atoms with Gasteiger partial charge in [-0.15, -0.1) is 0 Å². The minimum absolute atomic E-state index is 0.0281. The Hall–Kier alpha value is -1.93. The largest absolute Gasteiger partial charge is 0.344 e. The van der Waals surface area contributed by atoms with Crippen LogP contribution >= 0.6 is 0 Å². The van der Waals surface area contributed by atoms with E-state index in [2.05, 4.69) is 10.6 Å². The van der Waals surface area contributed by atoms with Crippen LogP contribution in [0.1, 0.15) is 12.8 Å². The lowest BCUT2D eigenvalue weighted by molar-refractivity contribution is -0.122. The quantitative estimate of drug-likeness (QED) is 0.696. The number of carbonyl (C=O) groups excluding carboxylic acids is 2. The van der Waals surface area contributed by atoms with Crippen LogP contribution in [0.3, 0.4) is 0 Å². The van der Waals surface area contributed by atoms with Crippen molar-refractivity contribution in [3.63, 3.8) is 0 Å². The summed E-state index contributed by atoms with van der Waals surface area (Å²) in [6, 6.07) is 4.95. The molecule has 2 rings (SSSR count). The van der Waals surface area contributed by atoms with Crippen LogP contribution in [0.2, 0.25) is 0 Å². The van der Waals surface area contributed by atoms with Gasteiger partial charge in [0, 0.05) is 12.1 Å². The molecule has 1 aliphatic rings. The summed E-state index contributed by atoms with van der Waals surface area (Å²) in [4.78, 5) is 22.7. The highest BCUT2D eigenvalue weighted by Crippen LogP contribution is 2.14. The SMILES string of the molecule is NS(=O)(=O)c1ccc(NC(=O)[C@H]2CCC(=O)N2)cc1. The van der Waals surface area contributed by atoms with Gasteiger partial charge in [0.1, 0.15) is 6.04 Å². The molecule has 102 valence electrons. The molecule has 1 aliphatic heterocycles. The lowest BCUT2D eigenvalue weighted by Crippen LogP contribution is -2.37. The third-order valence-corrected chi connectivity index (χ3v) is 3.69. The number of anilines is 1. The summed E-state index contributed by atoms with van der Waals surface area (Å²) < 4.78 is 22.1. The second-order valence-corrected chi connectivity index (χ2v) is 5.78. The van der Waals surface area contributed by atoms with E-state index < -0.39 is 16.1 Å². The van der Waals surface area contributed by atoms with Gasteiger partial charge >= 0.3 is 0 Å². The molecule has 1 fully saturated rings. The van der Waals surface area contributed by atoms with Crippen LogP contribution in [0, 0.1) is 0 Å². The van der Waals surface area contributed by atoms with Crippen LogP contribution in [0.15, 0.2) is 29.2 Å². The van der Waals surface area contributed by atoms with Crippen molar-refractivity contribution in [1.82, 2.24) is 5.32 Å². The Balaban J connectivity index is 2.04. The van der Waals surface area contributed by atoms with E-state index in [9.17, 15) is 18.0 Å². The number of primary sulfonamides is 1. The third kappa shape index (κ3) is 3.30. The van der Waals surface area contributed by atoms with Crippen molar-refractivity contribution in [3.05, 3.63) is 24.3 Å². The lowest BCUT2D eigenvalue weighted by atomic mass is 10.2. The van der Waals surface area contributed by atoms with Gasteiger partial charge in [0.25, 0.3) is 0 Å². The van der Waals surface area contributed by atoms with Crippen LogP contribution in [-0.2, 0) is 19.6 Å². The molecular weight excluding hydrogens is 270 g/mol. The number of carbonyl (C=O) groups is 2. The first-order chi connectivity index (χ1) is 8.86. The Morgan fingerprint density at radius 3 is 2.42 bits per heavy atom. The molecule has 0 saturated carbocycles. The van der Waals surface area contributed by atoms with Gasteiger partial charge in [-0.25, -0.2) is 13.6 Å². The van der Waals surface area contributed by atoms with E-state index in [1.807, 2.05) is 0 Å². The summed E-state index contributed by atoms with van der Waals surface area (Å²) in [6.45, 7) is 0. The van der Waals surface area contributed by atoms with Crippen LogP contribution in [0.4, 0.5) is 5.69 Å². The zero-order valence-corrected chi connectivity index (χ0v) is 10.7. The first-order valence-electron chi connectivity index (χ1n) is 5.59. The maximum Gasteiger partial charge on any atom is 0.246 e. The molecule has 0 bridgehead atoms. The Labute approximate surface area is 110 Å². The minimum atomic E-state index is -3.74. The first-order valence-corrected chi connectivity index (χ1v) is 7.14. The van der Waals surface area contributed by atoms with Crippen LogP contribution < -0.4 is 15.8 Å².